The number of hydrogen-bond acceptors (Lipinski definition) is 7. The predicted molar refractivity (Wildman–Crippen MR) is 174 cm³/mol. The van der Waals surface area contributed by atoms with Crippen molar-refractivity contribution in [2.75, 3.05) is 23.0 Å². The molecule has 2 aliphatic carbocycles. The van der Waals surface area contributed by atoms with Crippen molar-refractivity contribution in [3.63, 3.8) is 0 Å². The second kappa shape index (κ2) is 11.8. The van der Waals surface area contributed by atoms with Crippen LogP contribution in [0.3, 0.4) is 0 Å². The monoisotopic (exact) mass is 670 g/mol. The summed E-state index contributed by atoms with van der Waals surface area (Å²) < 4.78 is 19.7. The molecule has 2 aliphatic heterocycles. The minimum absolute atomic E-state index is 0.102. The summed E-state index contributed by atoms with van der Waals surface area (Å²) in [7, 11) is 0. The second-order valence-corrected chi connectivity index (χ2v) is 13.4. The van der Waals surface area contributed by atoms with Crippen LogP contribution in [0.5, 0.6) is 5.75 Å². The van der Waals surface area contributed by atoms with Crippen LogP contribution in [-0.4, -0.2) is 47.7 Å². The molecule has 0 bridgehead atoms. The van der Waals surface area contributed by atoms with Crippen LogP contribution in [0, 0.1) is 34.9 Å². The first kappa shape index (κ1) is 31.9. The maximum Gasteiger partial charge on any atom is 0.241 e. The van der Waals surface area contributed by atoms with Crippen LogP contribution >= 0.6 is 11.6 Å². The number of carbonyl (C=O) groups is 5. The van der Waals surface area contributed by atoms with Gasteiger partial charge in [0.25, 0.3) is 0 Å². The average molecular weight is 671 g/mol. The molecule has 2 heterocycles. The molecule has 6 unspecified atom stereocenters. The van der Waals surface area contributed by atoms with Gasteiger partial charge in [-0.15, -0.1) is 0 Å². The van der Waals surface area contributed by atoms with Crippen molar-refractivity contribution in [1.29, 1.82) is 0 Å². The molecule has 7 rings (SSSR count). The lowest BCUT2D eigenvalue weighted by Gasteiger charge is -2.49. The fourth-order valence-corrected chi connectivity index (χ4v) is 8.46. The number of aliphatic hydroxyl groups is 1. The van der Waals surface area contributed by atoms with Gasteiger partial charge in [0.05, 0.1) is 46.2 Å². The lowest BCUT2D eigenvalue weighted by molar-refractivity contribution is -0.131. The molecule has 48 heavy (non-hydrogen) atoms. The topological polar surface area (TPSA) is 121 Å². The molecule has 3 aromatic rings. The lowest BCUT2D eigenvalue weighted by atomic mass is 9.51. The molecule has 1 N–H and O–H groups in total. The van der Waals surface area contributed by atoms with Gasteiger partial charge < -0.3 is 9.84 Å². The normalized spacial score (nSPS) is 27.9. The third-order valence-corrected chi connectivity index (χ3v) is 10.8. The van der Waals surface area contributed by atoms with Crippen molar-refractivity contribution in [1.82, 2.24) is 0 Å². The minimum atomic E-state index is -1.28. The van der Waals surface area contributed by atoms with E-state index in [-0.39, 0.29) is 54.4 Å². The van der Waals surface area contributed by atoms with Gasteiger partial charge in [-0.25, -0.2) is 9.29 Å². The summed E-state index contributed by atoms with van der Waals surface area (Å²) >= 11 is 6.08. The first-order valence-corrected chi connectivity index (χ1v) is 16.2. The molecule has 4 aliphatic rings. The van der Waals surface area contributed by atoms with Crippen LogP contribution in [0.1, 0.15) is 48.5 Å². The number of benzene rings is 3. The molecule has 4 amide bonds. The summed E-state index contributed by atoms with van der Waals surface area (Å²) in [6.07, 6.45) is 2.39. The van der Waals surface area contributed by atoms with Crippen LogP contribution in [0.4, 0.5) is 15.8 Å². The third-order valence-electron chi connectivity index (χ3n) is 10.5. The fraction of sp³-hybridized carbons (Fsp3) is 0.324. The Morgan fingerprint density at radius 3 is 2.27 bits per heavy atom. The number of hydrogen-bond donors (Lipinski definition) is 1. The molecule has 0 aromatic heterocycles. The van der Waals surface area contributed by atoms with Gasteiger partial charge in [0.1, 0.15) is 18.2 Å². The van der Waals surface area contributed by atoms with Crippen molar-refractivity contribution < 1.29 is 38.2 Å². The number of Topliss-reactive ketones (excluding diaryl/α,β-unsaturated/α-hetero) is 1. The van der Waals surface area contributed by atoms with E-state index in [9.17, 15) is 33.5 Å². The number of imide groups is 2. The molecule has 0 spiro atoms. The van der Waals surface area contributed by atoms with E-state index in [1.54, 1.807) is 43.3 Å². The summed E-state index contributed by atoms with van der Waals surface area (Å²) in [5.41, 5.74) is 1.23. The van der Waals surface area contributed by atoms with Gasteiger partial charge in [-0.1, -0.05) is 35.4 Å². The summed E-state index contributed by atoms with van der Waals surface area (Å²) in [5.74, 6) is -5.43. The molecule has 9 nitrogen and oxygen atoms in total. The molecule has 6 atom stereocenters. The number of nitrogens with zero attached hydrogens (tertiary/aromatic N) is 2. The molecule has 0 radical (unpaired) electrons. The Balaban J connectivity index is 1.32. The van der Waals surface area contributed by atoms with Gasteiger partial charge in [0.15, 0.2) is 5.78 Å². The smallest absolute Gasteiger partial charge is 0.241 e. The average Bonchev–Trinajstić information content (AvgIpc) is 3.44. The number of allylic oxidation sites excluding steroid dienone is 2. The summed E-state index contributed by atoms with van der Waals surface area (Å²) in [4.78, 5) is 71.0. The number of aliphatic hydroxyl groups excluding tert-OH is 1. The molecule has 11 heteroatoms. The standard InChI is InChI=1S/C37H32ClFN2O7/c1-19(43)20-3-7-22(8-4-20)40-33(44)26-13-12-25-27(31(26)35(40)46)18-28-34(45)41(23-9-14-30(39)29(38)17-23)36(47)37(28,2)32(25)21-5-10-24(11-6-21)48-16-15-42/h3-12,14,17,26-28,31-32,42H,13,15-16,18H2,1-2H3. The molecule has 3 fully saturated rings. The van der Waals surface area contributed by atoms with Crippen LogP contribution < -0.4 is 14.5 Å². The lowest BCUT2D eigenvalue weighted by Crippen LogP contribution is -2.48. The van der Waals surface area contributed by atoms with Crippen molar-refractivity contribution in [3.05, 3.63) is 100 Å². The van der Waals surface area contributed by atoms with Crippen LogP contribution in [0.25, 0.3) is 0 Å². The van der Waals surface area contributed by atoms with Crippen molar-refractivity contribution in [3.8, 4) is 5.75 Å². The number of rotatable bonds is 7. The van der Waals surface area contributed by atoms with E-state index in [4.69, 9.17) is 16.3 Å². The zero-order valence-corrected chi connectivity index (χ0v) is 26.9. The van der Waals surface area contributed by atoms with Crippen molar-refractivity contribution in [2.45, 2.75) is 32.6 Å². The van der Waals surface area contributed by atoms with Crippen LogP contribution in [-0.2, 0) is 19.2 Å². The molecule has 2 saturated heterocycles. The van der Waals surface area contributed by atoms with E-state index in [0.717, 1.165) is 22.1 Å². The molecule has 1 saturated carbocycles. The largest absolute Gasteiger partial charge is 0.491 e. The number of halogens is 2. The van der Waals surface area contributed by atoms with E-state index in [2.05, 4.69) is 0 Å². The van der Waals surface area contributed by atoms with E-state index in [1.807, 2.05) is 18.2 Å². The summed E-state index contributed by atoms with van der Waals surface area (Å²) in [6.45, 7) is 3.14. The number of ketones is 1. The fourth-order valence-electron chi connectivity index (χ4n) is 8.29. The van der Waals surface area contributed by atoms with Gasteiger partial charge in [0.2, 0.25) is 23.6 Å². The van der Waals surface area contributed by atoms with Gasteiger partial charge in [-0.3, -0.25) is 28.9 Å². The van der Waals surface area contributed by atoms with E-state index in [1.165, 1.54) is 24.0 Å². The van der Waals surface area contributed by atoms with Crippen LogP contribution in [0.2, 0.25) is 5.02 Å². The minimum Gasteiger partial charge on any atom is -0.491 e. The highest BCUT2D eigenvalue weighted by molar-refractivity contribution is 6.32. The molecular formula is C37H32ClFN2O7. The molecule has 3 aromatic carbocycles. The van der Waals surface area contributed by atoms with E-state index >= 15 is 0 Å². The van der Waals surface area contributed by atoms with Gasteiger partial charge in [-0.2, -0.15) is 0 Å². The van der Waals surface area contributed by atoms with Gasteiger partial charge >= 0.3 is 0 Å². The van der Waals surface area contributed by atoms with Crippen LogP contribution in [0.15, 0.2) is 78.4 Å². The first-order valence-electron chi connectivity index (χ1n) is 15.8. The maximum atomic E-state index is 14.5. The number of fused-ring (bicyclic) bond motifs is 4. The maximum absolute atomic E-state index is 14.5. The second-order valence-electron chi connectivity index (χ2n) is 13.0. The highest BCUT2D eigenvalue weighted by atomic mass is 35.5. The summed E-state index contributed by atoms with van der Waals surface area (Å²) in [5, 5.41) is 8.97. The molecule has 246 valence electrons. The Labute approximate surface area is 280 Å². The van der Waals surface area contributed by atoms with E-state index in [0.29, 0.717) is 17.0 Å². The SMILES string of the molecule is CC(=O)c1ccc(N2C(=O)C3CC=C4C(CC5C(=O)N(c6ccc(F)c(Cl)c6)C(=O)C5(C)C4c4ccc(OCCO)cc4)C3C2=O)cc1. The number of ether oxygens (including phenoxy) is 1. The Morgan fingerprint density at radius 2 is 1.62 bits per heavy atom. The van der Waals surface area contributed by atoms with Crippen molar-refractivity contribution >= 4 is 52.4 Å². The first-order chi connectivity index (χ1) is 23.0. The summed E-state index contributed by atoms with van der Waals surface area (Å²) in [6, 6.07) is 17.1. The number of anilines is 2. The third kappa shape index (κ3) is 4.72. The Kier molecular flexibility index (Phi) is 7.83. The Hall–Kier alpha value is -4.67. The zero-order chi connectivity index (χ0) is 34.1. The number of carbonyl (C=O) groups excluding carboxylic acids is 5. The van der Waals surface area contributed by atoms with Gasteiger partial charge in [0, 0.05) is 11.5 Å². The van der Waals surface area contributed by atoms with E-state index < -0.39 is 52.6 Å². The number of amides is 4. The highest BCUT2D eigenvalue weighted by Crippen LogP contribution is 2.63. The Morgan fingerprint density at radius 1 is 0.938 bits per heavy atom. The molecular weight excluding hydrogens is 639 g/mol. The van der Waals surface area contributed by atoms with Gasteiger partial charge in [-0.05, 0) is 92.8 Å². The quantitative estimate of drug-likeness (QED) is 0.201. The predicted octanol–water partition coefficient (Wildman–Crippen LogP) is 5.49. The van der Waals surface area contributed by atoms with Crippen molar-refractivity contribution in [2.24, 2.45) is 29.1 Å². The highest BCUT2D eigenvalue weighted by Gasteiger charge is 2.67. The zero-order valence-electron chi connectivity index (χ0n) is 26.2. The Bertz CT molecular complexity index is 1910.